The average molecular weight is 315 g/mol. The van der Waals surface area contributed by atoms with Crippen molar-refractivity contribution in [3.8, 4) is 0 Å². The van der Waals surface area contributed by atoms with Gasteiger partial charge in [0.1, 0.15) is 5.82 Å². The van der Waals surface area contributed by atoms with Gasteiger partial charge in [0.05, 0.1) is 5.41 Å². The highest BCUT2D eigenvalue weighted by molar-refractivity contribution is 5.88. The molecule has 0 radical (unpaired) electrons. The van der Waals surface area contributed by atoms with E-state index in [0.29, 0.717) is 24.6 Å². The molecule has 118 valence electrons. The van der Waals surface area contributed by atoms with Crippen molar-refractivity contribution in [1.82, 2.24) is 4.90 Å². The maximum absolute atomic E-state index is 14.0. The van der Waals surface area contributed by atoms with Crippen molar-refractivity contribution >= 4 is 18.3 Å². The number of benzene rings is 1. The maximum Gasteiger partial charge on any atom is 0.233 e. The molecule has 1 saturated heterocycles. The van der Waals surface area contributed by atoms with Crippen molar-refractivity contribution in [2.45, 2.75) is 38.6 Å². The number of nitrogens with zero attached hydrogens (tertiary/aromatic N) is 1. The van der Waals surface area contributed by atoms with Crippen molar-refractivity contribution < 1.29 is 9.18 Å². The zero-order valence-electron chi connectivity index (χ0n) is 12.8. The highest BCUT2D eigenvalue weighted by atomic mass is 35.5. The summed E-state index contributed by atoms with van der Waals surface area (Å²) in [5.41, 5.74) is 5.30. The van der Waals surface area contributed by atoms with Crippen molar-refractivity contribution in [2.75, 3.05) is 13.1 Å². The second-order valence-corrected chi connectivity index (χ2v) is 6.25. The van der Waals surface area contributed by atoms with Gasteiger partial charge in [-0.15, -0.1) is 12.4 Å². The number of hydrogen-bond acceptors (Lipinski definition) is 2. The van der Waals surface area contributed by atoms with Crippen LogP contribution < -0.4 is 5.73 Å². The predicted molar refractivity (Wildman–Crippen MR) is 85.0 cm³/mol. The molecule has 1 aliphatic rings. The zero-order chi connectivity index (χ0) is 14.9. The molecule has 1 heterocycles. The average Bonchev–Trinajstić information content (AvgIpc) is 2.79. The molecule has 2 atom stereocenters. The molecule has 0 aliphatic carbocycles. The SMILES string of the molecule is CC1CC(CN)CN1C(=O)C(C)(C)c1ccccc1F.Cl. The normalized spacial score (nSPS) is 22.0. The molecule has 2 N–H and O–H groups in total. The number of halogens is 2. The van der Waals surface area contributed by atoms with Crippen molar-refractivity contribution in [3.63, 3.8) is 0 Å². The largest absolute Gasteiger partial charge is 0.339 e. The summed E-state index contributed by atoms with van der Waals surface area (Å²) in [5, 5.41) is 0. The molecule has 2 unspecified atom stereocenters. The highest BCUT2D eigenvalue weighted by Gasteiger charge is 2.41. The fourth-order valence-corrected chi connectivity index (χ4v) is 3.04. The summed E-state index contributed by atoms with van der Waals surface area (Å²) in [6.45, 7) is 6.88. The lowest BCUT2D eigenvalue weighted by molar-refractivity contribution is -0.137. The number of hydrogen-bond donors (Lipinski definition) is 1. The van der Waals surface area contributed by atoms with Gasteiger partial charge in [-0.3, -0.25) is 4.79 Å². The summed E-state index contributed by atoms with van der Waals surface area (Å²) in [7, 11) is 0. The van der Waals surface area contributed by atoms with Crippen molar-refractivity contribution in [3.05, 3.63) is 35.6 Å². The number of likely N-dealkylation sites (tertiary alicyclic amines) is 1. The minimum Gasteiger partial charge on any atom is -0.339 e. The summed E-state index contributed by atoms with van der Waals surface area (Å²) >= 11 is 0. The first-order valence-electron chi connectivity index (χ1n) is 7.14. The number of amides is 1. The third kappa shape index (κ3) is 3.38. The second kappa shape index (κ2) is 6.75. The van der Waals surface area contributed by atoms with Crippen molar-refractivity contribution in [2.24, 2.45) is 11.7 Å². The second-order valence-electron chi connectivity index (χ2n) is 6.25. The number of carbonyl (C=O) groups is 1. The summed E-state index contributed by atoms with van der Waals surface area (Å²) in [5.74, 6) is 0.00416. The summed E-state index contributed by atoms with van der Waals surface area (Å²) in [6.07, 6.45) is 0.926. The monoisotopic (exact) mass is 314 g/mol. The van der Waals surface area contributed by atoms with Gasteiger partial charge in [-0.2, -0.15) is 0 Å². The van der Waals surface area contributed by atoms with E-state index in [1.165, 1.54) is 6.07 Å². The van der Waals surface area contributed by atoms with Gasteiger partial charge < -0.3 is 10.6 Å². The molecule has 0 saturated carbocycles. The first-order chi connectivity index (χ1) is 9.37. The van der Waals surface area contributed by atoms with E-state index in [4.69, 9.17) is 5.73 Å². The van der Waals surface area contributed by atoms with Crippen LogP contribution in [-0.2, 0) is 10.2 Å². The third-order valence-corrected chi connectivity index (χ3v) is 4.34. The van der Waals surface area contributed by atoms with E-state index in [2.05, 4.69) is 0 Å². The molecular weight excluding hydrogens is 291 g/mol. The summed E-state index contributed by atoms with van der Waals surface area (Å²) in [6, 6.07) is 6.67. The molecule has 3 nitrogen and oxygen atoms in total. The smallest absolute Gasteiger partial charge is 0.233 e. The standard InChI is InChI=1S/C16H23FN2O.ClH/c1-11-8-12(9-18)10-19(11)15(20)16(2,3)13-6-4-5-7-14(13)17;/h4-7,11-12H,8-10,18H2,1-3H3;1H. The van der Waals surface area contributed by atoms with Gasteiger partial charge in [-0.05, 0) is 45.7 Å². The molecule has 1 fully saturated rings. The zero-order valence-corrected chi connectivity index (χ0v) is 13.6. The Bertz CT molecular complexity index is 507. The van der Waals surface area contributed by atoms with E-state index in [1.54, 1.807) is 32.0 Å². The molecule has 1 amide bonds. The lowest BCUT2D eigenvalue weighted by atomic mass is 9.82. The maximum atomic E-state index is 14.0. The van der Waals surface area contributed by atoms with E-state index >= 15 is 0 Å². The molecule has 5 heteroatoms. The molecular formula is C16H24ClFN2O. The van der Waals surface area contributed by atoms with Crippen molar-refractivity contribution in [1.29, 1.82) is 0 Å². The van der Waals surface area contributed by atoms with Crippen LogP contribution in [0.15, 0.2) is 24.3 Å². The highest BCUT2D eigenvalue weighted by Crippen LogP contribution is 2.32. The Hall–Kier alpha value is -1.13. The molecule has 0 aromatic heterocycles. The summed E-state index contributed by atoms with van der Waals surface area (Å²) < 4.78 is 14.0. The van der Waals surface area contributed by atoms with Gasteiger partial charge in [0.25, 0.3) is 0 Å². The Kier molecular flexibility index (Phi) is 5.76. The van der Waals surface area contributed by atoms with Crippen LogP contribution in [0, 0.1) is 11.7 Å². The molecule has 0 spiro atoms. The fourth-order valence-electron chi connectivity index (χ4n) is 3.04. The minimum atomic E-state index is -0.858. The molecule has 2 rings (SSSR count). The summed E-state index contributed by atoms with van der Waals surface area (Å²) in [4.78, 5) is 14.7. The van der Waals surface area contributed by atoms with Crippen LogP contribution in [-0.4, -0.2) is 29.9 Å². The van der Waals surface area contributed by atoms with Crippen LogP contribution in [0.1, 0.15) is 32.8 Å². The first-order valence-corrected chi connectivity index (χ1v) is 7.14. The quantitative estimate of drug-likeness (QED) is 0.932. The van der Waals surface area contributed by atoms with E-state index in [0.717, 1.165) is 6.42 Å². The molecule has 1 aromatic rings. The minimum absolute atomic E-state index is 0. The van der Waals surface area contributed by atoms with Crippen LogP contribution >= 0.6 is 12.4 Å². The Balaban J connectivity index is 0.00000220. The van der Waals surface area contributed by atoms with Crippen LogP contribution in [0.4, 0.5) is 4.39 Å². The Morgan fingerprint density at radius 2 is 2.05 bits per heavy atom. The molecule has 0 bridgehead atoms. The molecule has 21 heavy (non-hydrogen) atoms. The number of carbonyl (C=O) groups excluding carboxylic acids is 1. The lowest BCUT2D eigenvalue weighted by Gasteiger charge is -2.32. The van der Waals surface area contributed by atoms with Gasteiger partial charge in [0.2, 0.25) is 5.91 Å². The molecule has 1 aromatic carbocycles. The van der Waals surface area contributed by atoms with E-state index in [9.17, 15) is 9.18 Å². The Morgan fingerprint density at radius 1 is 1.43 bits per heavy atom. The van der Waals surface area contributed by atoms with E-state index < -0.39 is 5.41 Å². The number of nitrogens with two attached hydrogens (primary N) is 1. The van der Waals surface area contributed by atoms with Crippen LogP contribution in [0.25, 0.3) is 0 Å². The number of rotatable bonds is 3. The van der Waals surface area contributed by atoms with Gasteiger partial charge in [0.15, 0.2) is 0 Å². The Morgan fingerprint density at radius 3 is 2.57 bits per heavy atom. The van der Waals surface area contributed by atoms with Crippen LogP contribution in [0.3, 0.4) is 0 Å². The topological polar surface area (TPSA) is 46.3 Å². The van der Waals surface area contributed by atoms with Gasteiger partial charge >= 0.3 is 0 Å². The predicted octanol–water partition coefficient (Wildman–Crippen LogP) is 2.72. The van der Waals surface area contributed by atoms with Gasteiger partial charge in [-0.1, -0.05) is 18.2 Å². The fraction of sp³-hybridized carbons (Fsp3) is 0.562. The van der Waals surface area contributed by atoms with E-state index in [-0.39, 0.29) is 30.2 Å². The van der Waals surface area contributed by atoms with E-state index in [1.807, 2.05) is 11.8 Å². The lowest BCUT2D eigenvalue weighted by Crippen LogP contribution is -2.45. The van der Waals surface area contributed by atoms with Gasteiger partial charge in [-0.25, -0.2) is 4.39 Å². The van der Waals surface area contributed by atoms with Crippen LogP contribution in [0.5, 0.6) is 0 Å². The molecule has 1 aliphatic heterocycles. The third-order valence-electron chi connectivity index (χ3n) is 4.34. The van der Waals surface area contributed by atoms with Crippen LogP contribution in [0.2, 0.25) is 0 Å². The Labute approximate surface area is 132 Å². The van der Waals surface area contributed by atoms with Gasteiger partial charge in [0, 0.05) is 18.2 Å². The first kappa shape index (κ1) is 17.9.